The van der Waals surface area contributed by atoms with E-state index in [2.05, 4.69) is 25.5 Å². The first-order valence-corrected chi connectivity index (χ1v) is 10.8. The van der Waals surface area contributed by atoms with Gasteiger partial charge < -0.3 is 9.79 Å². The maximum Gasteiger partial charge on any atom is 0.250 e. The molecule has 0 fully saturated rings. The highest BCUT2D eigenvalue weighted by Crippen LogP contribution is 2.20. The number of aromatic nitrogens is 5. The van der Waals surface area contributed by atoms with Crippen molar-refractivity contribution in [2.75, 3.05) is 12.1 Å². The largest absolute Gasteiger partial charge is 0.350 e. The second-order valence-corrected chi connectivity index (χ2v) is 7.55. The maximum atomic E-state index is 13.3. The van der Waals surface area contributed by atoms with Gasteiger partial charge in [-0.1, -0.05) is 0 Å². The standard InChI is InChI=1S/C19H17FN7.CH5O2P/c1-13(14-3-6-18(21-10-14)27-8-7-26(2)12-27)24-25-19-16-5-4-15(20)9-17(16)22-11-23-19;1-4(2)3/h3-12H,1-2H3,(H,22,23,25);2-3H,1H3/q+1;/b24-13+;. The van der Waals surface area contributed by atoms with E-state index in [1.165, 1.54) is 25.1 Å². The van der Waals surface area contributed by atoms with Gasteiger partial charge in [0.15, 0.2) is 14.2 Å². The topological polar surface area (TPSA) is 112 Å². The molecule has 3 N–H and O–H groups in total. The molecule has 11 heteroatoms. The van der Waals surface area contributed by atoms with E-state index in [1.807, 2.05) is 54.0 Å². The fourth-order valence-electron chi connectivity index (χ4n) is 2.66. The summed E-state index contributed by atoms with van der Waals surface area (Å²) in [6.45, 7) is 3.22. The van der Waals surface area contributed by atoms with Gasteiger partial charge in [-0.2, -0.15) is 9.67 Å². The Labute approximate surface area is 179 Å². The van der Waals surface area contributed by atoms with Crippen LogP contribution in [0.3, 0.4) is 0 Å². The van der Waals surface area contributed by atoms with Gasteiger partial charge in [0, 0.05) is 35.9 Å². The van der Waals surface area contributed by atoms with Crippen molar-refractivity contribution in [3.05, 3.63) is 73.0 Å². The Kier molecular flexibility index (Phi) is 7.30. The maximum absolute atomic E-state index is 13.3. The van der Waals surface area contributed by atoms with Crippen LogP contribution >= 0.6 is 8.38 Å². The van der Waals surface area contributed by atoms with Gasteiger partial charge in [-0.25, -0.2) is 23.9 Å². The fourth-order valence-corrected chi connectivity index (χ4v) is 2.66. The summed E-state index contributed by atoms with van der Waals surface area (Å²) < 4.78 is 17.2. The summed E-state index contributed by atoms with van der Waals surface area (Å²) in [7, 11) is 0.337. The molecule has 0 radical (unpaired) electrons. The van der Waals surface area contributed by atoms with Gasteiger partial charge in [0.2, 0.25) is 12.1 Å². The molecule has 4 rings (SSSR count). The Morgan fingerprint density at radius 1 is 1.19 bits per heavy atom. The molecule has 0 aliphatic rings. The third-order valence-corrected chi connectivity index (χ3v) is 4.13. The monoisotopic (exact) mass is 442 g/mol. The van der Waals surface area contributed by atoms with Crippen LogP contribution in [0.25, 0.3) is 16.7 Å². The second kappa shape index (κ2) is 10.1. The summed E-state index contributed by atoms with van der Waals surface area (Å²) in [6, 6.07) is 8.25. The van der Waals surface area contributed by atoms with E-state index in [0.717, 1.165) is 17.1 Å². The highest BCUT2D eigenvalue weighted by Gasteiger charge is 2.08. The van der Waals surface area contributed by atoms with Crippen LogP contribution in [0.2, 0.25) is 0 Å². The lowest BCUT2D eigenvalue weighted by Gasteiger charge is -2.06. The molecule has 0 amide bonds. The summed E-state index contributed by atoms with van der Waals surface area (Å²) in [6.07, 6.45) is 8.97. The molecule has 0 spiro atoms. The van der Waals surface area contributed by atoms with Gasteiger partial charge in [-0.3, -0.25) is 5.43 Å². The lowest BCUT2D eigenvalue weighted by Crippen LogP contribution is -2.23. The molecule has 31 heavy (non-hydrogen) atoms. The third kappa shape index (κ3) is 6.08. The summed E-state index contributed by atoms with van der Waals surface area (Å²) in [5, 5.41) is 5.07. The Balaban J connectivity index is 0.000000628. The van der Waals surface area contributed by atoms with E-state index in [-0.39, 0.29) is 5.82 Å². The van der Waals surface area contributed by atoms with E-state index in [9.17, 15) is 4.39 Å². The quantitative estimate of drug-likeness (QED) is 0.194. The number of halogens is 1. The predicted octanol–water partition coefficient (Wildman–Crippen LogP) is 2.53. The van der Waals surface area contributed by atoms with E-state index >= 15 is 0 Å². The van der Waals surface area contributed by atoms with Gasteiger partial charge in [-0.05, 0) is 25.1 Å². The molecule has 0 aliphatic carbocycles. The first-order valence-electron chi connectivity index (χ1n) is 9.15. The molecule has 3 aromatic heterocycles. The average Bonchev–Trinajstić information content (AvgIpc) is 3.17. The van der Waals surface area contributed by atoms with Crippen molar-refractivity contribution in [1.82, 2.24) is 19.5 Å². The zero-order valence-corrected chi connectivity index (χ0v) is 18.1. The van der Waals surface area contributed by atoms with Crippen molar-refractivity contribution < 1.29 is 18.7 Å². The molecule has 4 aromatic rings. The summed E-state index contributed by atoms with van der Waals surface area (Å²) in [5.74, 6) is 1.00. The normalized spacial score (nSPS) is 11.4. The molecule has 0 bridgehead atoms. The first kappa shape index (κ1) is 22.4. The Bertz CT molecular complexity index is 1190. The van der Waals surface area contributed by atoms with Crippen LogP contribution in [0.4, 0.5) is 10.2 Å². The van der Waals surface area contributed by atoms with Gasteiger partial charge >= 0.3 is 0 Å². The van der Waals surface area contributed by atoms with Crippen molar-refractivity contribution >= 4 is 30.8 Å². The zero-order valence-electron chi connectivity index (χ0n) is 17.2. The summed E-state index contributed by atoms with van der Waals surface area (Å²) >= 11 is 0. The van der Waals surface area contributed by atoms with Crippen molar-refractivity contribution in [2.24, 2.45) is 12.1 Å². The van der Waals surface area contributed by atoms with Crippen LogP contribution < -0.4 is 9.99 Å². The number of hydrazone groups is 1. The van der Waals surface area contributed by atoms with Gasteiger partial charge in [0.05, 0.1) is 18.3 Å². The van der Waals surface area contributed by atoms with Crippen molar-refractivity contribution in [3.63, 3.8) is 0 Å². The van der Waals surface area contributed by atoms with E-state index < -0.39 is 8.38 Å². The van der Waals surface area contributed by atoms with E-state index in [4.69, 9.17) is 9.79 Å². The van der Waals surface area contributed by atoms with Crippen molar-refractivity contribution in [2.45, 2.75) is 6.92 Å². The highest BCUT2D eigenvalue weighted by molar-refractivity contribution is 7.44. The number of imidazole rings is 1. The molecular formula is C20H22FN7O2P+. The average molecular weight is 442 g/mol. The Morgan fingerprint density at radius 3 is 2.61 bits per heavy atom. The van der Waals surface area contributed by atoms with Crippen LogP contribution in [0.5, 0.6) is 0 Å². The van der Waals surface area contributed by atoms with Crippen molar-refractivity contribution in [3.8, 4) is 5.82 Å². The molecule has 160 valence electrons. The number of nitrogens with one attached hydrogen (secondary N) is 1. The molecule has 0 saturated carbocycles. The van der Waals surface area contributed by atoms with Gasteiger partial charge in [0.25, 0.3) is 0 Å². The minimum atomic E-state index is -1.62. The minimum Gasteiger partial charge on any atom is -0.350 e. The van der Waals surface area contributed by atoms with E-state index in [0.29, 0.717) is 16.7 Å². The molecule has 9 nitrogen and oxygen atoms in total. The van der Waals surface area contributed by atoms with Gasteiger partial charge in [0.1, 0.15) is 24.5 Å². The smallest absolute Gasteiger partial charge is 0.250 e. The molecule has 1 aromatic carbocycles. The van der Waals surface area contributed by atoms with Crippen LogP contribution in [-0.2, 0) is 7.05 Å². The SMILES string of the molecule is C/C(=N\Nc1ncnc2cc(F)ccc12)c1ccc(-n2cc[n+](C)c2)nc1.CP(O)O. The van der Waals surface area contributed by atoms with E-state index in [1.54, 1.807) is 12.3 Å². The minimum absolute atomic E-state index is 0.339. The second-order valence-electron chi connectivity index (χ2n) is 6.57. The van der Waals surface area contributed by atoms with Gasteiger partial charge in [-0.15, -0.1) is 0 Å². The molecular weight excluding hydrogens is 420 g/mol. The summed E-state index contributed by atoms with van der Waals surface area (Å²) in [5.41, 5.74) is 5.09. The molecule has 0 unspecified atom stereocenters. The van der Waals surface area contributed by atoms with Crippen LogP contribution in [-0.4, -0.2) is 41.7 Å². The number of benzene rings is 1. The molecule has 3 heterocycles. The molecule has 0 aliphatic heterocycles. The number of aryl methyl sites for hydroxylation is 1. The predicted molar refractivity (Wildman–Crippen MR) is 117 cm³/mol. The molecule has 0 saturated heterocycles. The number of rotatable bonds is 4. The lowest BCUT2D eigenvalue weighted by atomic mass is 10.2. The van der Waals surface area contributed by atoms with Crippen LogP contribution in [0.1, 0.15) is 12.5 Å². The number of hydrogen-bond donors (Lipinski definition) is 3. The number of anilines is 1. The number of nitrogens with zero attached hydrogens (tertiary/aromatic N) is 6. The van der Waals surface area contributed by atoms with Crippen LogP contribution in [0, 0.1) is 5.82 Å². The highest BCUT2D eigenvalue weighted by atomic mass is 31.2. The Hall–Kier alpha value is -3.33. The summed E-state index contributed by atoms with van der Waals surface area (Å²) in [4.78, 5) is 28.1. The van der Waals surface area contributed by atoms with Crippen molar-refractivity contribution in [1.29, 1.82) is 0 Å². The number of fused-ring (bicyclic) bond motifs is 1. The third-order valence-electron chi connectivity index (χ3n) is 4.13. The first-order chi connectivity index (χ1) is 14.8. The van der Waals surface area contributed by atoms with Crippen LogP contribution in [0.15, 0.2) is 66.7 Å². The Morgan fingerprint density at radius 2 is 1.97 bits per heavy atom. The lowest BCUT2D eigenvalue weighted by molar-refractivity contribution is -0.670. The number of hydrogen-bond acceptors (Lipinski definition) is 7. The zero-order chi connectivity index (χ0) is 22.4. The number of pyridine rings is 1. The fraction of sp³-hybridized carbons (Fsp3) is 0.150. The molecule has 0 atom stereocenters.